The molecular weight excluding hydrogens is 164 g/mol. The molecule has 1 aromatic heterocycles. The van der Waals surface area contributed by atoms with Crippen LogP contribution in [0.2, 0.25) is 0 Å². The van der Waals surface area contributed by atoms with Crippen LogP contribution >= 0.6 is 0 Å². The highest BCUT2D eigenvalue weighted by Crippen LogP contribution is 1.89. The number of nitrogens with two attached hydrogens (primary N) is 1. The normalized spacial score (nSPS) is 11.2. The van der Waals surface area contributed by atoms with E-state index in [1.807, 2.05) is 6.07 Å². The van der Waals surface area contributed by atoms with Crippen LogP contribution in [-0.4, -0.2) is 16.8 Å². The Kier molecular flexibility index (Phi) is 3.18. The van der Waals surface area contributed by atoms with Gasteiger partial charge in [-0.1, -0.05) is 6.07 Å². The Balaban J connectivity index is 2.74. The van der Waals surface area contributed by atoms with Crippen LogP contribution in [0.15, 0.2) is 24.4 Å². The van der Waals surface area contributed by atoms with Gasteiger partial charge in [0, 0.05) is 6.20 Å². The molecule has 1 aromatic rings. The Bertz CT molecular complexity index is 346. The largest absolute Gasteiger partial charge is 0.321 e. The van der Waals surface area contributed by atoms with Crippen LogP contribution < -0.4 is 5.73 Å². The van der Waals surface area contributed by atoms with Crippen molar-refractivity contribution in [2.24, 2.45) is 5.73 Å². The molecule has 0 fully saturated rings. The lowest BCUT2D eigenvalue weighted by atomic mass is 10.2. The van der Waals surface area contributed by atoms with E-state index in [0.717, 1.165) is 0 Å². The van der Waals surface area contributed by atoms with Gasteiger partial charge in [0.05, 0.1) is 6.04 Å². The Morgan fingerprint density at radius 1 is 1.62 bits per heavy atom. The lowest BCUT2D eigenvalue weighted by Crippen LogP contribution is -2.24. The highest BCUT2D eigenvalue weighted by molar-refractivity contribution is 5.99. The van der Waals surface area contributed by atoms with Gasteiger partial charge in [0.1, 0.15) is 5.69 Å². The van der Waals surface area contributed by atoms with Crippen LogP contribution in [0.5, 0.6) is 0 Å². The minimum atomic E-state index is -0.531. The number of pyridine rings is 1. The molecule has 0 radical (unpaired) electrons. The lowest BCUT2D eigenvalue weighted by molar-refractivity contribution is -0.114. The molecule has 0 saturated heterocycles. The minimum absolute atomic E-state index is 0.273. The van der Waals surface area contributed by atoms with Crippen molar-refractivity contribution in [2.75, 3.05) is 0 Å². The van der Waals surface area contributed by atoms with Gasteiger partial charge in [-0.15, -0.1) is 0 Å². The summed E-state index contributed by atoms with van der Waals surface area (Å²) >= 11 is 0. The molecule has 3 nitrogen and oxygen atoms in total. The molecule has 0 aliphatic carbocycles. The fraction of sp³-hybridized carbons (Fsp3) is 0.200. The molecule has 1 rings (SSSR count). The standard InChI is InChI=1S/C10H10N2O/c1-8(11)10(13)6-5-9-4-2-3-7-12-9/h2-4,7-8H,11H2,1H3/t8-/m0/s1. The number of hydrogen-bond donors (Lipinski definition) is 1. The van der Waals surface area contributed by atoms with Crippen molar-refractivity contribution in [2.45, 2.75) is 13.0 Å². The zero-order valence-electron chi connectivity index (χ0n) is 7.32. The molecule has 1 heterocycles. The molecule has 0 bridgehead atoms. The van der Waals surface area contributed by atoms with E-state index in [-0.39, 0.29) is 5.78 Å². The summed E-state index contributed by atoms with van der Waals surface area (Å²) in [6, 6.07) is 4.81. The highest BCUT2D eigenvalue weighted by Gasteiger charge is 2.01. The summed E-state index contributed by atoms with van der Waals surface area (Å²) in [6.45, 7) is 1.61. The van der Waals surface area contributed by atoms with Gasteiger partial charge in [-0.05, 0) is 30.9 Å². The summed E-state index contributed by atoms with van der Waals surface area (Å²) in [5, 5.41) is 0. The maximum absolute atomic E-state index is 11.0. The molecule has 13 heavy (non-hydrogen) atoms. The fourth-order valence-electron chi connectivity index (χ4n) is 0.676. The Labute approximate surface area is 77.0 Å². The van der Waals surface area contributed by atoms with Gasteiger partial charge < -0.3 is 5.73 Å². The van der Waals surface area contributed by atoms with Gasteiger partial charge in [0.25, 0.3) is 0 Å². The van der Waals surface area contributed by atoms with Gasteiger partial charge in [0.15, 0.2) is 0 Å². The molecule has 1 atom stereocenters. The third-order valence-electron chi connectivity index (χ3n) is 1.39. The molecule has 3 heteroatoms. The second-order valence-electron chi connectivity index (χ2n) is 2.62. The number of Topliss-reactive ketones (excluding diaryl/α,β-unsaturated/α-hetero) is 1. The van der Waals surface area contributed by atoms with Gasteiger partial charge in [-0.25, -0.2) is 4.98 Å². The third-order valence-corrected chi connectivity index (χ3v) is 1.39. The summed E-state index contributed by atoms with van der Waals surface area (Å²) in [4.78, 5) is 14.9. The predicted molar refractivity (Wildman–Crippen MR) is 49.8 cm³/mol. The molecule has 2 N–H and O–H groups in total. The fourth-order valence-corrected chi connectivity index (χ4v) is 0.676. The lowest BCUT2D eigenvalue weighted by Gasteiger charge is -1.93. The maximum atomic E-state index is 11.0. The molecule has 0 amide bonds. The zero-order valence-corrected chi connectivity index (χ0v) is 7.32. The number of aromatic nitrogens is 1. The van der Waals surface area contributed by atoms with Crippen LogP contribution in [0.25, 0.3) is 0 Å². The SMILES string of the molecule is C[C@H](N)C(=O)C#Cc1ccccn1. The van der Waals surface area contributed by atoms with Gasteiger partial charge in [-0.2, -0.15) is 0 Å². The number of nitrogens with zero attached hydrogens (tertiary/aromatic N) is 1. The summed E-state index contributed by atoms with van der Waals surface area (Å²) in [5.74, 6) is 4.78. The van der Waals surface area contributed by atoms with Crippen molar-refractivity contribution >= 4 is 5.78 Å². The first-order valence-electron chi connectivity index (χ1n) is 3.92. The molecule has 0 spiro atoms. The Morgan fingerprint density at radius 2 is 2.38 bits per heavy atom. The molecule has 0 aliphatic rings. The van der Waals surface area contributed by atoms with E-state index >= 15 is 0 Å². The average molecular weight is 174 g/mol. The summed E-state index contributed by atoms with van der Waals surface area (Å²) in [5.41, 5.74) is 5.91. The monoisotopic (exact) mass is 174 g/mol. The van der Waals surface area contributed by atoms with E-state index in [9.17, 15) is 4.79 Å². The van der Waals surface area contributed by atoms with E-state index in [2.05, 4.69) is 16.8 Å². The topological polar surface area (TPSA) is 56.0 Å². The highest BCUT2D eigenvalue weighted by atomic mass is 16.1. The van der Waals surface area contributed by atoms with Crippen molar-refractivity contribution in [1.82, 2.24) is 4.98 Å². The number of carbonyl (C=O) groups excluding carboxylic acids is 1. The van der Waals surface area contributed by atoms with Crippen molar-refractivity contribution < 1.29 is 4.79 Å². The second kappa shape index (κ2) is 4.39. The Hall–Kier alpha value is -1.66. The number of carbonyl (C=O) groups is 1. The summed E-state index contributed by atoms with van der Waals surface area (Å²) in [7, 11) is 0. The summed E-state index contributed by atoms with van der Waals surface area (Å²) < 4.78 is 0. The smallest absolute Gasteiger partial charge is 0.222 e. The van der Waals surface area contributed by atoms with Crippen molar-refractivity contribution in [3.63, 3.8) is 0 Å². The maximum Gasteiger partial charge on any atom is 0.222 e. The number of rotatable bonds is 1. The van der Waals surface area contributed by atoms with E-state index in [0.29, 0.717) is 5.69 Å². The average Bonchev–Trinajstić information content (AvgIpc) is 2.15. The number of ketones is 1. The molecule has 0 aromatic carbocycles. The van der Waals surface area contributed by atoms with Crippen LogP contribution in [-0.2, 0) is 4.79 Å². The predicted octanol–water partition coefficient (Wildman–Crippen LogP) is 0.349. The molecule has 66 valence electrons. The van der Waals surface area contributed by atoms with Gasteiger partial charge in [-0.3, -0.25) is 4.79 Å². The van der Waals surface area contributed by atoms with Crippen molar-refractivity contribution in [3.05, 3.63) is 30.1 Å². The summed E-state index contributed by atoms with van der Waals surface area (Å²) in [6.07, 6.45) is 1.63. The van der Waals surface area contributed by atoms with E-state index in [4.69, 9.17) is 5.73 Å². The van der Waals surface area contributed by atoms with Crippen LogP contribution in [0.1, 0.15) is 12.6 Å². The van der Waals surface area contributed by atoms with E-state index in [1.165, 1.54) is 0 Å². The van der Waals surface area contributed by atoms with Gasteiger partial charge >= 0.3 is 0 Å². The zero-order chi connectivity index (χ0) is 9.68. The third kappa shape index (κ3) is 3.06. The second-order valence-corrected chi connectivity index (χ2v) is 2.62. The van der Waals surface area contributed by atoms with Gasteiger partial charge in [0.2, 0.25) is 5.78 Å². The quantitative estimate of drug-likeness (QED) is 0.625. The molecule has 0 aliphatic heterocycles. The van der Waals surface area contributed by atoms with Crippen molar-refractivity contribution in [3.8, 4) is 11.8 Å². The van der Waals surface area contributed by atoms with Crippen molar-refractivity contribution in [1.29, 1.82) is 0 Å². The van der Waals surface area contributed by atoms with E-state index < -0.39 is 6.04 Å². The number of hydrogen-bond acceptors (Lipinski definition) is 3. The van der Waals surface area contributed by atoms with Crippen LogP contribution in [0.4, 0.5) is 0 Å². The molecular formula is C10H10N2O. The van der Waals surface area contributed by atoms with Crippen LogP contribution in [0.3, 0.4) is 0 Å². The minimum Gasteiger partial charge on any atom is -0.321 e. The first kappa shape index (κ1) is 9.43. The first-order valence-corrected chi connectivity index (χ1v) is 3.92. The van der Waals surface area contributed by atoms with Crippen LogP contribution in [0, 0.1) is 11.8 Å². The first-order chi connectivity index (χ1) is 6.20. The Morgan fingerprint density at radius 3 is 2.92 bits per heavy atom. The van der Waals surface area contributed by atoms with E-state index in [1.54, 1.807) is 25.3 Å². The molecule has 0 unspecified atom stereocenters. The molecule has 0 saturated carbocycles.